The zero-order chi connectivity index (χ0) is 26.3. The predicted molar refractivity (Wildman–Crippen MR) is 149 cm³/mol. The molecule has 0 spiro atoms. The van der Waals surface area contributed by atoms with Crippen LogP contribution in [0.5, 0.6) is 5.75 Å². The number of allylic oxidation sites excluding steroid dienone is 1. The molecule has 4 heteroatoms. The first-order chi connectivity index (χ1) is 17.0. The van der Waals surface area contributed by atoms with E-state index in [0.717, 1.165) is 30.6 Å². The lowest BCUT2D eigenvalue weighted by Gasteiger charge is -2.41. The molecule has 4 nitrogen and oxygen atoms in total. The lowest BCUT2D eigenvalue weighted by Crippen LogP contribution is -2.33. The van der Waals surface area contributed by atoms with Gasteiger partial charge in [-0.3, -0.25) is 0 Å². The van der Waals surface area contributed by atoms with Gasteiger partial charge in [-0.1, -0.05) is 53.7 Å². The predicted octanol–water partition coefficient (Wildman–Crippen LogP) is 7.69. The van der Waals surface area contributed by atoms with Crippen molar-refractivity contribution >= 4 is 0 Å². The second-order valence-electron chi connectivity index (χ2n) is 13.2. The molecule has 0 saturated heterocycles. The highest BCUT2D eigenvalue weighted by Gasteiger charge is 2.35. The van der Waals surface area contributed by atoms with Crippen LogP contribution in [-0.2, 0) is 40.3 Å². The van der Waals surface area contributed by atoms with E-state index in [9.17, 15) is 0 Å². The van der Waals surface area contributed by atoms with Crippen molar-refractivity contribution in [1.82, 2.24) is 0 Å². The Balaban J connectivity index is 1.60. The first-order valence-electron chi connectivity index (χ1n) is 14.1. The van der Waals surface area contributed by atoms with E-state index in [1.807, 2.05) is 0 Å². The summed E-state index contributed by atoms with van der Waals surface area (Å²) in [5, 5.41) is 0. The van der Waals surface area contributed by atoms with Crippen LogP contribution in [0.25, 0.3) is 0 Å². The highest BCUT2D eigenvalue weighted by Crippen LogP contribution is 2.44. The van der Waals surface area contributed by atoms with Crippen molar-refractivity contribution in [2.24, 2.45) is 22.7 Å². The third-order valence-corrected chi connectivity index (χ3v) is 7.86. The van der Waals surface area contributed by atoms with E-state index in [1.54, 1.807) is 14.2 Å². The van der Waals surface area contributed by atoms with Crippen molar-refractivity contribution in [2.45, 2.75) is 106 Å². The quantitative estimate of drug-likeness (QED) is 0.231. The first-order valence-corrected chi connectivity index (χ1v) is 14.1. The van der Waals surface area contributed by atoms with Crippen LogP contribution in [-0.4, -0.2) is 33.5 Å². The minimum Gasteiger partial charge on any atom is -0.490 e. The van der Waals surface area contributed by atoms with Crippen LogP contribution in [0.2, 0.25) is 0 Å². The summed E-state index contributed by atoms with van der Waals surface area (Å²) in [6.45, 7) is 16.5. The van der Waals surface area contributed by atoms with Gasteiger partial charge < -0.3 is 18.9 Å². The lowest BCUT2D eigenvalue weighted by molar-refractivity contribution is 0.0385. The van der Waals surface area contributed by atoms with Crippen molar-refractivity contribution < 1.29 is 18.9 Å². The minimum atomic E-state index is 0.181. The molecule has 2 aliphatic carbocycles. The number of ether oxygens (including phenoxy) is 4. The van der Waals surface area contributed by atoms with Gasteiger partial charge in [0.15, 0.2) is 0 Å². The molecule has 0 aromatic heterocycles. The molecule has 0 amide bonds. The van der Waals surface area contributed by atoms with Gasteiger partial charge in [0.1, 0.15) is 12.4 Å². The van der Waals surface area contributed by atoms with E-state index in [1.165, 1.54) is 42.4 Å². The number of fused-ring (bicyclic) bond motifs is 1. The largest absolute Gasteiger partial charge is 0.490 e. The maximum atomic E-state index is 6.38. The Morgan fingerprint density at radius 2 is 1.61 bits per heavy atom. The maximum absolute atomic E-state index is 6.38. The summed E-state index contributed by atoms with van der Waals surface area (Å²) in [5.74, 6) is 2.25. The molecule has 0 aliphatic heterocycles. The number of hydrogen-bond donors (Lipinski definition) is 0. The molecule has 3 unspecified atom stereocenters. The Kier molecular flexibility index (Phi) is 10.5. The molecule has 204 valence electrons. The first kappa shape index (κ1) is 29.2. The van der Waals surface area contributed by atoms with Crippen LogP contribution >= 0.6 is 0 Å². The van der Waals surface area contributed by atoms with E-state index in [-0.39, 0.29) is 6.10 Å². The summed E-state index contributed by atoms with van der Waals surface area (Å²) in [6, 6.07) is 2.29. The lowest BCUT2D eigenvalue weighted by atomic mass is 9.64. The summed E-state index contributed by atoms with van der Waals surface area (Å²) in [6.07, 6.45) is 13.2. The molecule has 0 bridgehead atoms. The molecular formula is C32H52O4. The zero-order valence-electron chi connectivity index (χ0n) is 24.4. The average molecular weight is 501 g/mol. The van der Waals surface area contributed by atoms with E-state index >= 15 is 0 Å². The number of aryl methyl sites for hydroxylation is 1. The summed E-state index contributed by atoms with van der Waals surface area (Å²) in [7, 11) is 3.51. The number of methoxy groups -OCH3 is 2. The smallest absolute Gasteiger partial charge is 0.130 e. The number of benzene rings is 1. The zero-order valence-corrected chi connectivity index (χ0v) is 24.4. The van der Waals surface area contributed by atoms with Crippen molar-refractivity contribution in [3.63, 3.8) is 0 Å². The second-order valence-corrected chi connectivity index (χ2v) is 13.2. The molecule has 0 radical (unpaired) electrons. The van der Waals surface area contributed by atoms with Crippen molar-refractivity contribution in [2.75, 3.05) is 27.4 Å². The van der Waals surface area contributed by atoms with Gasteiger partial charge >= 0.3 is 0 Å². The van der Waals surface area contributed by atoms with E-state index in [4.69, 9.17) is 18.9 Å². The van der Waals surface area contributed by atoms with E-state index in [2.05, 4.69) is 59.8 Å². The van der Waals surface area contributed by atoms with Gasteiger partial charge in [0.25, 0.3) is 0 Å². The van der Waals surface area contributed by atoms with E-state index in [0.29, 0.717) is 49.1 Å². The van der Waals surface area contributed by atoms with Gasteiger partial charge in [0.05, 0.1) is 25.9 Å². The molecule has 1 aromatic carbocycles. The molecule has 3 atom stereocenters. The molecule has 0 heterocycles. The van der Waals surface area contributed by atoms with Crippen LogP contribution < -0.4 is 4.74 Å². The maximum Gasteiger partial charge on any atom is 0.130 e. The van der Waals surface area contributed by atoms with Crippen LogP contribution in [0.1, 0.15) is 95.9 Å². The van der Waals surface area contributed by atoms with Crippen LogP contribution in [0.3, 0.4) is 0 Å². The minimum absolute atomic E-state index is 0.181. The Morgan fingerprint density at radius 3 is 2.22 bits per heavy atom. The molecule has 36 heavy (non-hydrogen) atoms. The Bertz CT molecular complexity index is 858. The Labute approximate surface area is 221 Å². The Hall–Kier alpha value is -1.36. The molecule has 0 N–H and O–H groups in total. The monoisotopic (exact) mass is 500 g/mol. The summed E-state index contributed by atoms with van der Waals surface area (Å²) in [4.78, 5) is 0. The van der Waals surface area contributed by atoms with E-state index < -0.39 is 0 Å². The molecule has 1 aromatic rings. The fourth-order valence-electron chi connectivity index (χ4n) is 6.17. The standard InChI is InChI=1S/C32H52O4/c1-31(2,3)20-29(32(4,5)6)23-13-15-26(16-14-23)35-17-18-36-30-25(21-33-7)19-24-11-9-10-12-27(24)28(30)22-34-8/h13,15,19,23,26,29H,9-12,14,16-18,20-22H2,1-8H3. The number of hydrogen-bond acceptors (Lipinski definition) is 4. The van der Waals surface area contributed by atoms with Gasteiger partial charge in [0.2, 0.25) is 0 Å². The second kappa shape index (κ2) is 12.9. The van der Waals surface area contributed by atoms with Gasteiger partial charge in [-0.15, -0.1) is 0 Å². The fraction of sp³-hybridized carbons (Fsp3) is 0.750. The summed E-state index contributed by atoms with van der Waals surface area (Å²) < 4.78 is 23.7. The van der Waals surface area contributed by atoms with Crippen LogP contribution in [0.4, 0.5) is 0 Å². The van der Waals surface area contributed by atoms with Gasteiger partial charge in [-0.2, -0.15) is 0 Å². The fourth-order valence-corrected chi connectivity index (χ4v) is 6.17. The van der Waals surface area contributed by atoms with Crippen LogP contribution in [0.15, 0.2) is 18.2 Å². The van der Waals surface area contributed by atoms with Crippen molar-refractivity contribution in [1.29, 1.82) is 0 Å². The molecule has 3 rings (SSSR count). The third kappa shape index (κ3) is 8.07. The molecule has 0 saturated carbocycles. The van der Waals surface area contributed by atoms with Crippen LogP contribution in [0, 0.1) is 22.7 Å². The SMILES string of the molecule is COCc1cc2c(c(COC)c1OCCOC1C=CC(C(CC(C)(C)C)C(C)(C)C)CC1)CCCC2. The van der Waals surface area contributed by atoms with Crippen molar-refractivity contribution in [3.05, 3.63) is 40.5 Å². The summed E-state index contributed by atoms with van der Waals surface area (Å²) >= 11 is 0. The molecular weight excluding hydrogens is 448 g/mol. The van der Waals surface area contributed by atoms with Crippen molar-refractivity contribution in [3.8, 4) is 5.75 Å². The summed E-state index contributed by atoms with van der Waals surface area (Å²) in [5.41, 5.74) is 5.83. The van der Waals surface area contributed by atoms with Gasteiger partial charge in [-0.05, 0) is 84.8 Å². The average Bonchev–Trinajstić information content (AvgIpc) is 2.81. The topological polar surface area (TPSA) is 36.9 Å². The highest BCUT2D eigenvalue weighted by atomic mass is 16.5. The molecule has 0 fully saturated rings. The van der Waals surface area contributed by atoms with Gasteiger partial charge in [0, 0.05) is 25.3 Å². The Morgan fingerprint density at radius 1 is 0.889 bits per heavy atom. The van der Waals surface area contributed by atoms with Gasteiger partial charge in [-0.25, -0.2) is 0 Å². The normalized spacial score (nSPS) is 21.3. The number of rotatable bonds is 11. The highest BCUT2D eigenvalue weighted by molar-refractivity contribution is 5.51. The third-order valence-electron chi connectivity index (χ3n) is 7.86. The molecule has 2 aliphatic rings.